The van der Waals surface area contributed by atoms with E-state index in [1.807, 2.05) is 19.3 Å². The smallest absolute Gasteiger partial charge is 0.241 e. The van der Waals surface area contributed by atoms with E-state index in [2.05, 4.69) is 38.3 Å². The number of piperazine rings is 1. The van der Waals surface area contributed by atoms with Crippen molar-refractivity contribution in [2.45, 2.75) is 38.3 Å². The molecule has 3 aliphatic rings. The maximum atomic E-state index is 11.8. The number of pyridine rings is 1. The van der Waals surface area contributed by atoms with Crippen molar-refractivity contribution >= 4 is 22.6 Å². The number of hydrogen-bond acceptors (Lipinski definition) is 7. The van der Waals surface area contributed by atoms with Crippen molar-refractivity contribution in [3.8, 4) is 22.9 Å². The van der Waals surface area contributed by atoms with Crippen LogP contribution in [0.25, 0.3) is 22.3 Å². The van der Waals surface area contributed by atoms with Crippen LogP contribution in [-0.2, 0) is 4.79 Å². The Bertz CT molecular complexity index is 1250. The number of imidazole rings is 1. The number of methoxy groups -OCH3 is 1. The second kappa shape index (κ2) is 9.03. The number of anilines is 1. The first-order valence-electron chi connectivity index (χ1n) is 12.6. The van der Waals surface area contributed by atoms with E-state index in [0.717, 1.165) is 72.7 Å². The Balaban J connectivity index is 1.38. The Morgan fingerprint density at radius 1 is 1.17 bits per heavy atom. The van der Waals surface area contributed by atoms with E-state index in [4.69, 9.17) is 19.4 Å². The summed E-state index contributed by atoms with van der Waals surface area (Å²) < 4.78 is 14.4. The zero-order chi connectivity index (χ0) is 23.9. The summed E-state index contributed by atoms with van der Waals surface area (Å²) in [5, 5.41) is 6.31. The van der Waals surface area contributed by atoms with E-state index >= 15 is 0 Å². The van der Waals surface area contributed by atoms with Crippen molar-refractivity contribution in [1.82, 2.24) is 25.2 Å². The fourth-order valence-electron chi connectivity index (χ4n) is 5.12. The van der Waals surface area contributed by atoms with Crippen LogP contribution in [0.1, 0.15) is 32.2 Å². The van der Waals surface area contributed by atoms with Gasteiger partial charge in [0.05, 0.1) is 30.3 Å². The molecule has 2 atom stereocenters. The molecule has 2 aromatic heterocycles. The highest BCUT2D eigenvalue weighted by Crippen LogP contribution is 2.41. The SMILES string of the molecule is COc1cc(-c2cc3ncn(C4CC4)c3c(OC(C)C3CNC(=O)C3)n2)ccc1N1CCNCC1. The van der Waals surface area contributed by atoms with Crippen LogP contribution in [0.2, 0.25) is 0 Å². The molecule has 6 rings (SSSR count). The molecular weight excluding hydrogens is 444 g/mol. The third-order valence-corrected chi connectivity index (χ3v) is 7.36. The summed E-state index contributed by atoms with van der Waals surface area (Å²) in [7, 11) is 1.71. The van der Waals surface area contributed by atoms with Crippen LogP contribution >= 0.6 is 0 Å². The number of nitrogens with zero attached hydrogens (tertiary/aromatic N) is 4. The lowest BCUT2D eigenvalue weighted by molar-refractivity contribution is -0.119. The van der Waals surface area contributed by atoms with Crippen LogP contribution in [0.15, 0.2) is 30.6 Å². The number of nitrogens with one attached hydrogen (secondary N) is 2. The van der Waals surface area contributed by atoms with Crippen LogP contribution in [-0.4, -0.2) is 66.4 Å². The Kier molecular flexibility index (Phi) is 5.72. The van der Waals surface area contributed by atoms with Crippen molar-refractivity contribution in [2.24, 2.45) is 5.92 Å². The first kappa shape index (κ1) is 22.2. The molecule has 0 bridgehead atoms. The van der Waals surface area contributed by atoms with Crippen LogP contribution in [0.5, 0.6) is 11.6 Å². The number of benzene rings is 1. The Labute approximate surface area is 204 Å². The molecular formula is C26H32N6O3. The highest BCUT2D eigenvalue weighted by molar-refractivity contribution is 5.85. The predicted molar refractivity (Wildman–Crippen MR) is 134 cm³/mol. The van der Waals surface area contributed by atoms with Crippen molar-refractivity contribution in [2.75, 3.05) is 44.7 Å². The molecule has 3 aromatic rings. The minimum atomic E-state index is -0.146. The second-order valence-corrected chi connectivity index (χ2v) is 9.78. The monoisotopic (exact) mass is 476 g/mol. The van der Waals surface area contributed by atoms with Crippen LogP contribution < -0.4 is 25.0 Å². The molecule has 4 heterocycles. The molecule has 1 amide bonds. The molecule has 1 aliphatic carbocycles. The topological polar surface area (TPSA) is 93.5 Å². The number of ether oxygens (including phenoxy) is 2. The highest BCUT2D eigenvalue weighted by atomic mass is 16.5. The first-order chi connectivity index (χ1) is 17.1. The quantitative estimate of drug-likeness (QED) is 0.542. The van der Waals surface area contributed by atoms with Crippen LogP contribution in [0.4, 0.5) is 5.69 Å². The molecule has 2 saturated heterocycles. The number of hydrogen-bond donors (Lipinski definition) is 2. The van der Waals surface area contributed by atoms with Gasteiger partial charge in [0, 0.05) is 56.7 Å². The number of carbonyl (C=O) groups excluding carboxylic acids is 1. The summed E-state index contributed by atoms with van der Waals surface area (Å²) in [6.07, 6.45) is 4.53. The average Bonchev–Trinajstić information content (AvgIpc) is 3.49. The lowest BCUT2D eigenvalue weighted by Crippen LogP contribution is -2.43. The number of amides is 1. The summed E-state index contributed by atoms with van der Waals surface area (Å²) in [4.78, 5) is 23.8. The highest BCUT2D eigenvalue weighted by Gasteiger charge is 2.31. The van der Waals surface area contributed by atoms with Gasteiger partial charge in [0.1, 0.15) is 17.4 Å². The van der Waals surface area contributed by atoms with E-state index in [1.54, 1.807) is 7.11 Å². The van der Waals surface area contributed by atoms with Gasteiger partial charge < -0.3 is 29.6 Å². The zero-order valence-electron chi connectivity index (χ0n) is 20.3. The van der Waals surface area contributed by atoms with Gasteiger partial charge >= 0.3 is 0 Å². The van der Waals surface area contributed by atoms with E-state index in [-0.39, 0.29) is 17.9 Å². The minimum absolute atomic E-state index is 0.0806. The zero-order valence-corrected chi connectivity index (χ0v) is 20.3. The van der Waals surface area contributed by atoms with E-state index in [0.29, 0.717) is 24.9 Å². The van der Waals surface area contributed by atoms with Gasteiger partial charge in [0.2, 0.25) is 11.8 Å². The molecule has 2 N–H and O–H groups in total. The molecule has 9 heteroatoms. The van der Waals surface area contributed by atoms with Crippen molar-refractivity contribution in [3.63, 3.8) is 0 Å². The summed E-state index contributed by atoms with van der Waals surface area (Å²) in [6.45, 7) is 6.49. The van der Waals surface area contributed by atoms with Gasteiger partial charge in [-0.25, -0.2) is 9.97 Å². The van der Waals surface area contributed by atoms with Crippen LogP contribution in [0.3, 0.4) is 0 Å². The van der Waals surface area contributed by atoms with Gasteiger partial charge in [0.15, 0.2) is 0 Å². The van der Waals surface area contributed by atoms with Gasteiger partial charge in [-0.15, -0.1) is 0 Å². The molecule has 1 saturated carbocycles. The molecule has 0 radical (unpaired) electrons. The standard InChI is InChI=1S/C26H32N6O3/c1-16(18-12-24(33)28-14-18)35-26-25-21(29-15-32(25)19-4-5-19)13-20(30-26)17-3-6-22(23(11-17)34-2)31-9-7-27-8-10-31/h3,6,11,13,15-16,18-19,27H,4-5,7-10,12,14H2,1-2H3,(H,28,33). The van der Waals surface area contributed by atoms with Crippen molar-refractivity contribution < 1.29 is 14.3 Å². The third kappa shape index (κ3) is 4.29. The molecule has 184 valence electrons. The summed E-state index contributed by atoms with van der Waals surface area (Å²) >= 11 is 0. The predicted octanol–water partition coefficient (Wildman–Crippen LogP) is 2.75. The number of aromatic nitrogens is 3. The fourth-order valence-corrected chi connectivity index (χ4v) is 5.12. The van der Waals surface area contributed by atoms with Gasteiger partial charge in [0.25, 0.3) is 0 Å². The summed E-state index contributed by atoms with van der Waals surface area (Å²) in [5.74, 6) is 1.62. The van der Waals surface area contributed by atoms with Gasteiger partial charge in [-0.05, 0) is 38.0 Å². The van der Waals surface area contributed by atoms with E-state index < -0.39 is 0 Å². The second-order valence-electron chi connectivity index (χ2n) is 9.78. The van der Waals surface area contributed by atoms with Gasteiger partial charge in [-0.1, -0.05) is 6.07 Å². The first-order valence-corrected chi connectivity index (χ1v) is 12.6. The van der Waals surface area contributed by atoms with Crippen LogP contribution in [0, 0.1) is 5.92 Å². The Hall–Kier alpha value is -3.33. The fraction of sp³-hybridized carbons (Fsp3) is 0.500. The van der Waals surface area contributed by atoms with E-state index in [9.17, 15) is 4.79 Å². The largest absolute Gasteiger partial charge is 0.495 e. The molecule has 0 spiro atoms. The maximum Gasteiger partial charge on any atom is 0.241 e. The third-order valence-electron chi connectivity index (χ3n) is 7.36. The lowest BCUT2D eigenvalue weighted by Gasteiger charge is -2.30. The number of fused-ring (bicyclic) bond motifs is 1. The normalized spacial score (nSPS) is 21.3. The number of carbonyl (C=O) groups is 1. The van der Waals surface area contributed by atoms with E-state index in [1.165, 1.54) is 0 Å². The molecule has 9 nitrogen and oxygen atoms in total. The molecule has 35 heavy (non-hydrogen) atoms. The Morgan fingerprint density at radius 2 is 2.00 bits per heavy atom. The van der Waals surface area contributed by atoms with Gasteiger partial charge in [-0.2, -0.15) is 0 Å². The molecule has 3 fully saturated rings. The maximum absolute atomic E-state index is 11.8. The minimum Gasteiger partial charge on any atom is -0.495 e. The Morgan fingerprint density at radius 3 is 2.71 bits per heavy atom. The van der Waals surface area contributed by atoms with Gasteiger partial charge in [-0.3, -0.25) is 4.79 Å². The average molecular weight is 477 g/mol. The lowest BCUT2D eigenvalue weighted by atomic mass is 10.0. The number of rotatable bonds is 7. The summed E-state index contributed by atoms with van der Waals surface area (Å²) in [5.41, 5.74) is 4.66. The molecule has 1 aromatic carbocycles. The molecule has 2 unspecified atom stereocenters. The molecule has 2 aliphatic heterocycles. The van der Waals surface area contributed by atoms with Crippen molar-refractivity contribution in [3.05, 3.63) is 30.6 Å². The summed E-state index contributed by atoms with van der Waals surface area (Å²) in [6, 6.07) is 8.76. The van der Waals surface area contributed by atoms with Crippen molar-refractivity contribution in [1.29, 1.82) is 0 Å².